The Morgan fingerprint density at radius 3 is 2.37 bits per heavy atom. The molecule has 1 saturated heterocycles. The quantitative estimate of drug-likeness (QED) is 0.784. The van der Waals surface area contributed by atoms with Crippen molar-refractivity contribution in [1.82, 2.24) is 4.90 Å². The van der Waals surface area contributed by atoms with E-state index in [2.05, 4.69) is 15.9 Å². The zero-order valence-electron chi connectivity index (χ0n) is 10.6. The molecule has 0 N–H and O–H groups in total. The second kappa shape index (κ2) is 3.88. The summed E-state index contributed by atoms with van der Waals surface area (Å²) in [7, 11) is 0. The third kappa shape index (κ3) is 1.75. The SMILES string of the molecule is CC1(C)C2C(=O)N(Cc3ccc(Br)cc3F)C(=O)C21. The van der Waals surface area contributed by atoms with Gasteiger partial charge in [-0.3, -0.25) is 14.5 Å². The van der Waals surface area contributed by atoms with E-state index >= 15 is 0 Å². The van der Waals surface area contributed by atoms with Gasteiger partial charge in [0.2, 0.25) is 11.8 Å². The van der Waals surface area contributed by atoms with Crippen molar-refractivity contribution in [3.05, 3.63) is 34.1 Å². The first-order chi connectivity index (χ1) is 8.84. The molecule has 0 radical (unpaired) electrons. The Labute approximate surface area is 118 Å². The third-order valence-electron chi connectivity index (χ3n) is 4.24. The van der Waals surface area contributed by atoms with Crippen molar-refractivity contribution in [3.63, 3.8) is 0 Å². The summed E-state index contributed by atoms with van der Waals surface area (Å²) < 4.78 is 14.4. The summed E-state index contributed by atoms with van der Waals surface area (Å²) >= 11 is 3.18. The van der Waals surface area contributed by atoms with Crippen molar-refractivity contribution >= 4 is 27.7 Å². The number of likely N-dealkylation sites (tertiary alicyclic amines) is 1. The lowest BCUT2D eigenvalue weighted by molar-refractivity contribution is -0.143. The van der Waals surface area contributed by atoms with Crippen LogP contribution in [0.2, 0.25) is 0 Å². The summed E-state index contributed by atoms with van der Waals surface area (Å²) in [6.07, 6.45) is 0. The Morgan fingerprint density at radius 1 is 1.26 bits per heavy atom. The fraction of sp³-hybridized carbons (Fsp3) is 0.429. The maximum absolute atomic E-state index is 13.7. The van der Waals surface area contributed by atoms with E-state index in [1.165, 1.54) is 11.0 Å². The average Bonchev–Trinajstić information content (AvgIpc) is 2.78. The van der Waals surface area contributed by atoms with Crippen molar-refractivity contribution in [2.24, 2.45) is 17.3 Å². The fourth-order valence-electron chi connectivity index (χ4n) is 2.98. The molecule has 3 rings (SSSR count). The smallest absolute Gasteiger partial charge is 0.233 e. The second-order valence-corrected chi connectivity index (χ2v) is 6.69. The molecule has 1 aromatic rings. The van der Waals surface area contributed by atoms with Crippen LogP contribution in [0.4, 0.5) is 4.39 Å². The van der Waals surface area contributed by atoms with Crippen LogP contribution in [0.25, 0.3) is 0 Å². The lowest BCUT2D eigenvalue weighted by Gasteiger charge is -2.20. The number of imide groups is 1. The molecule has 2 fully saturated rings. The lowest BCUT2D eigenvalue weighted by atomic mass is 10.1. The minimum atomic E-state index is -0.408. The van der Waals surface area contributed by atoms with E-state index in [4.69, 9.17) is 0 Å². The summed E-state index contributed by atoms with van der Waals surface area (Å²) in [6.45, 7) is 3.88. The van der Waals surface area contributed by atoms with Gasteiger partial charge in [0.25, 0.3) is 0 Å². The predicted octanol–water partition coefficient (Wildman–Crippen LogP) is 2.73. The van der Waals surface area contributed by atoms with Crippen LogP contribution in [0.1, 0.15) is 19.4 Å². The van der Waals surface area contributed by atoms with Crippen LogP contribution < -0.4 is 0 Å². The van der Waals surface area contributed by atoms with E-state index in [0.717, 1.165) is 0 Å². The first-order valence-corrected chi connectivity index (χ1v) is 6.92. The summed E-state index contributed by atoms with van der Waals surface area (Å²) in [5, 5.41) is 0. The first-order valence-electron chi connectivity index (χ1n) is 6.13. The molecule has 1 aromatic carbocycles. The van der Waals surface area contributed by atoms with Gasteiger partial charge in [0.15, 0.2) is 0 Å². The summed E-state index contributed by atoms with van der Waals surface area (Å²) in [6, 6.07) is 4.63. The van der Waals surface area contributed by atoms with Gasteiger partial charge in [0, 0.05) is 10.0 Å². The van der Waals surface area contributed by atoms with Crippen LogP contribution in [-0.4, -0.2) is 16.7 Å². The van der Waals surface area contributed by atoms with Gasteiger partial charge in [-0.1, -0.05) is 35.8 Å². The molecule has 0 bridgehead atoms. The highest BCUT2D eigenvalue weighted by Crippen LogP contribution is 2.63. The molecule has 0 spiro atoms. The number of carbonyl (C=O) groups is 2. The number of piperidine rings is 1. The Hall–Kier alpha value is -1.23. The zero-order chi connectivity index (χ0) is 13.9. The average molecular weight is 326 g/mol. The molecule has 2 aliphatic rings. The number of benzene rings is 1. The van der Waals surface area contributed by atoms with E-state index in [0.29, 0.717) is 10.0 Å². The van der Waals surface area contributed by atoms with E-state index in [1.54, 1.807) is 12.1 Å². The van der Waals surface area contributed by atoms with Gasteiger partial charge in [-0.05, 0) is 17.5 Å². The van der Waals surface area contributed by atoms with Crippen molar-refractivity contribution in [2.75, 3.05) is 0 Å². The topological polar surface area (TPSA) is 37.4 Å². The molecule has 5 heteroatoms. The Balaban J connectivity index is 1.83. The molecule has 2 amide bonds. The van der Waals surface area contributed by atoms with E-state index < -0.39 is 5.82 Å². The van der Waals surface area contributed by atoms with Crippen LogP contribution in [0.5, 0.6) is 0 Å². The normalized spacial score (nSPS) is 27.7. The maximum Gasteiger partial charge on any atom is 0.233 e. The second-order valence-electron chi connectivity index (χ2n) is 5.78. The molecular weight excluding hydrogens is 313 g/mol. The van der Waals surface area contributed by atoms with Gasteiger partial charge in [-0.25, -0.2) is 4.39 Å². The zero-order valence-corrected chi connectivity index (χ0v) is 12.2. The first kappa shape index (κ1) is 12.8. The van der Waals surface area contributed by atoms with Gasteiger partial charge in [-0.2, -0.15) is 0 Å². The number of amides is 2. The molecule has 0 aromatic heterocycles. The monoisotopic (exact) mass is 325 g/mol. The summed E-state index contributed by atoms with van der Waals surface area (Å²) in [4.78, 5) is 25.4. The minimum absolute atomic E-state index is 0.0276. The van der Waals surface area contributed by atoms with Gasteiger partial charge in [-0.15, -0.1) is 0 Å². The lowest BCUT2D eigenvalue weighted by Crippen LogP contribution is -2.35. The molecule has 1 aliphatic carbocycles. The number of fused-ring (bicyclic) bond motifs is 1. The molecule has 2 unspecified atom stereocenters. The van der Waals surface area contributed by atoms with Crippen LogP contribution in [0, 0.1) is 23.1 Å². The van der Waals surface area contributed by atoms with Crippen molar-refractivity contribution < 1.29 is 14.0 Å². The molecular formula is C14H13BrFNO2. The number of halogens is 2. The molecule has 1 aliphatic heterocycles. The van der Waals surface area contributed by atoms with Gasteiger partial charge in [0.05, 0.1) is 18.4 Å². The molecule has 19 heavy (non-hydrogen) atoms. The van der Waals surface area contributed by atoms with Crippen molar-refractivity contribution in [2.45, 2.75) is 20.4 Å². The molecule has 3 nitrogen and oxygen atoms in total. The van der Waals surface area contributed by atoms with E-state index in [-0.39, 0.29) is 35.6 Å². The Morgan fingerprint density at radius 2 is 1.84 bits per heavy atom. The Bertz CT molecular complexity index is 575. The number of carbonyl (C=O) groups excluding carboxylic acids is 2. The van der Waals surface area contributed by atoms with Gasteiger partial charge >= 0.3 is 0 Å². The van der Waals surface area contributed by atoms with Crippen LogP contribution in [0.15, 0.2) is 22.7 Å². The van der Waals surface area contributed by atoms with Crippen molar-refractivity contribution in [3.8, 4) is 0 Å². The van der Waals surface area contributed by atoms with E-state index in [1.807, 2.05) is 13.8 Å². The largest absolute Gasteiger partial charge is 0.277 e. The number of rotatable bonds is 2. The highest BCUT2D eigenvalue weighted by molar-refractivity contribution is 9.10. The Kier molecular flexibility index (Phi) is 2.61. The van der Waals surface area contributed by atoms with Gasteiger partial charge in [0.1, 0.15) is 5.82 Å². The number of nitrogens with zero attached hydrogens (tertiary/aromatic N) is 1. The van der Waals surface area contributed by atoms with Gasteiger partial charge < -0.3 is 0 Å². The maximum atomic E-state index is 13.7. The standard InChI is InChI=1S/C14H13BrFNO2/c1-14(2)10-11(14)13(19)17(12(10)18)6-7-3-4-8(15)5-9(7)16/h3-5,10-11H,6H2,1-2H3. The number of hydrogen-bond acceptors (Lipinski definition) is 2. The third-order valence-corrected chi connectivity index (χ3v) is 4.73. The van der Waals surface area contributed by atoms with Crippen LogP contribution >= 0.6 is 15.9 Å². The minimum Gasteiger partial charge on any atom is -0.277 e. The molecule has 100 valence electrons. The predicted molar refractivity (Wildman–Crippen MR) is 70.4 cm³/mol. The van der Waals surface area contributed by atoms with Crippen LogP contribution in [-0.2, 0) is 16.1 Å². The summed E-state index contributed by atoms with van der Waals surface area (Å²) in [5.74, 6) is -1.16. The highest BCUT2D eigenvalue weighted by atomic mass is 79.9. The summed E-state index contributed by atoms with van der Waals surface area (Å²) in [5.41, 5.74) is 0.146. The molecule has 1 heterocycles. The van der Waals surface area contributed by atoms with Crippen LogP contribution in [0.3, 0.4) is 0 Å². The molecule has 2 atom stereocenters. The highest BCUT2D eigenvalue weighted by Gasteiger charge is 2.72. The van der Waals surface area contributed by atoms with Crippen molar-refractivity contribution in [1.29, 1.82) is 0 Å². The number of hydrogen-bond donors (Lipinski definition) is 0. The fourth-order valence-corrected chi connectivity index (χ4v) is 3.31. The molecule has 1 saturated carbocycles. The van der Waals surface area contributed by atoms with E-state index in [9.17, 15) is 14.0 Å².